The van der Waals surface area contributed by atoms with Crippen molar-refractivity contribution in [3.8, 4) is 5.75 Å². The van der Waals surface area contributed by atoms with Crippen molar-refractivity contribution in [1.29, 1.82) is 0 Å². The van der Waals surface area contributed by atoms with E-state index in [2.05, 4.69) is 0 Å². The van der Waals surface area contributed by atoms with Gasteiger partial charge in [-0.2, -0.15) is 0 Å². The summed E-state index contributed by atoms with van der Waals surface area (Å²) in [4.78, 5) is 10.6. The fourth-order valence-electron chi connectivity index (χ4n) is 1.81. The highest BCUT2D eigenvalue weighted by Gasteiger charge is 2.28. The molecule has 0 aromatic heterocycles. The zero-order chi connectivity index (χ0) is 16.6. The molecule has 22 heavy (non-hydrogen) atoms. The maximum atomic E-state index is 12.6. The molecule has 1 aromatic rings. The highest BCUT2D eigenvalue weighted by Crippen LogP contribution is 2.52. The standard InChI is InChI=1S/C13H20NO7P/c1-4-20-22(17,21-5-2)9-11-8-12(19-10-18-3)6-7-13(11)14(15)16/h6-8H,4-5,9-10H2,1-3H3. The third kappa shape index (κ3) is 5.38. The Morgan fingerprint density at radius 1 is 1.23 bits per heavy atom. The lowest BCUT2D eigenvalue weighted by molar-refractivity contribution is -0.385. The predicted octanol–water partition coefficient (Wildman–Crippen LogP) is 3.34. The van der Waals surface area contributed by atoms with E-state index >= 15 is 0 Å². The Bertz CT molecular complexity index is 539. The molecule has 0 bridgehead atoms. The molecule has 0 N–H and O–H groups in total. The maximum absolute atomic E-state index is 12.6. The summed E-state index contributed by atoms with van der Waals surface area (Å²) >= 11 is 0. The van der Waals surface area contributed by atoms with E-state index in [0.717, 1.165) is 0 Å². The Hall–Kier alpha value is -1.47. The van der Waals surface area contributed by atoms with Crippen LogP contribution in [0.1, 0.15) is 19.4 Å². The first-order valence-electron chi connectivity index (χ1n) is 6.73. The minimum absolute atomic E-state index is 0.00579. The van der Waals surface area contributed by atoms with Crippen molar-refractivity contribution >= 4 is 13.3 Å². The molecule has 1 aromatic carbocycles. The Kier molecular flexibility index (Phi) is 7.47. The summed E-state index contributed by atoms with van der Waals surface area (Å²) in [5, 5.41) is 11.1. The first-order valence-corrected chi connectivity index (χ1v) is 8.45. The van der Waals surface area contributed by atoms with Crippen LogP contribution in [-0.4, -0.2) is 32.0 Å². The molecule has 124 valence electrons. The minimum Gasteiger partial charge on any atom is -0.468 e. The van der Waals surface area contributed by atoms with Gasteiger partial charge in [-0.25, -0.2) is 0 Å². The molecule has 0 heterocycles. The molecule has 0 saturated heterocycles. The number of rotatable bonds is 10. The number of hydrogen-bond donors (Lipinski definition) is 0. The number of hydrogen-bond acceptors (Lipinski definition) is 7. The first-order chi connectivity index (χ1) is 10.5. The summed E-state index contributed by atoms with van der Waals surface area (Å²) in [6, 6.07) is 4.19. The maximum Gasteiger partial charge on any atom is 0.335 e. The highest BCUT2D eigenvalue weighted by molar-refractivity contribution is 7.53. The molecule has 0 aliphatic carbocycles. The highest BCUT2D eigenvalue weighted by atomic mass is 31.2. The van der Waals surface area contributed by atoms with Crippen LogP contribution in [0, 0.1) is 10.1 Å². The lowest BCUT2D eigenvalue weighted by atomic mass is 10.2. The summed E-state index contributed by atoms with van der Waals surface area (Å²) in [6.45, 7) is 3.73. The Balaban J connectivity index is 3.11. The molecule has 0 aliphatic heterocycles. The van der Waals surface area contributed by atoms with E-state index in [-0.39, 0.29) is 37.4 Å². The van der Waals surface area contributed by atoms with E-state index < -0.39 is 12.5 Å². The summed E-state index contributed by atoms with van der Waals surface area (Å²) in [7, 11) is -1.98. The van der Waals surface area contributed by atoms with Crippen molar-refractivity contribution in [2.75, 3.05) is 27.1 Å². The fraction of sp³-hybridized carbons (Fsp3) is 0.538. The second kappa shape index (κ2) is 8.85. The van der Waals surface area contributed by atoms with E-state index in [1.807, 2.05) is 0 Å². The van der Waals surface area contributed by atoms with Crippen LogP contribution in [0.4, 0.5) is 5.69 Å². The van der Waals surface area contributed by atoms with E-state index in [0.29, 0.717) is 5.75 Å². The molecule has 1 rings (SSSR count). The number of ether oxygens (including phenoxy) is 2. The SMILES string of the molecule is CCOP(=O)(Cc1cc(OCOC)ccc1[N+](=O)[O-])OCC. The van der Waals surface area contributed by atoms with Crippen molar-refractivity contribution < 1.29 is 28.0 Å². The number of nitrogens with zero attached hydrogens (tertiary/aromatic N) is 1. The monoisotopic (exact) mass is 333 g/mol. The van der Waals surface area contributed by atoms with Gasteiger partial charge in [0.2, 0.25) is 0 Å². The number of nitro groups is 1. The molecular formula is C13H20NO7P. The van der Waals surface area contributed by atoms with Crippen molar-refractivity contribution in [2.24, 2.45) is 0 Å². The molecule has 9 heteroatoms. The van der Waals surface area contributed by atoms with Gasteiger partial charge < -0.3 is 18.5 Å². The van der Waals surface area contributed by atoms with Crippen molar-refractivity contribution in [3.05, 3.63) is 33.9 Å². The summed E-state index contributed by atoms with van der Waals surface area (Å²) in [6.07, 6.45) is -0.199. The van der Waals surface area contributed by atoms with Crippen LogP contribution in [-0.2, 0) is 24.5 Å². The topological polar surface area (TPSA) is 97.1 Å². The third-order valence-electron chi connectivity index (χ3n) is 2.61. The molecule has 0 atom stereocenters. The van der Waals surface area contributed by atoms with Gasteiger partial charge in [0.25, 0.3) is 5.69 Å². The zero-order valence-electron chi connectivity index (χ0n) is 12.8. The zero-order valence-corrected chi connectivity index (χ0v) is 13.7. The molecule has 0 radical (unpaired) electrons. The van der Waals surface area contributed by atoms with Gasteiger partial charge in [0, 0.05) is 18.7 Å². The first kappa shape index (κ1) is 18.6. The van der Waals surface area contributed by atoms with Crippen LogP contribution < -0.4 is 4.74 Å². The number of methoxy groups -OCH3 is 1. The second-order valence-corrected chi connectivity index (χ2v) is 6.26. The van der Waals surface area contributed by atoms with E-state index in [4.69, 9.17) is 18.5 Å². The molecule has 0 spiro atoms. The van der Waals surface area contributed by atoms with Crippen LogP contribution in [0.15, 0.2) is 18.2 Å². The quantitative estimate of drug-likeness (QED) is 0.280. The van der Waals surface area contributed by atoms with Gasteiger partial charge in [-0.3, -0.25) is 14.7 Å². The molecule has 0 saturated carbocycles. The summed E-state index contributed by atoms with van der Waals surface area (Å²) in [5.41, 5.74) is 0.0632. The van der Waals surface area contributed by atoms with Crippen molar-refractivity contribution in [2.45, 2.75) is 20.0 Å². The predicted molar refractivity (Wildman–Crippen MR) is 80.2 cm³/mol. The van der Waals surface area contributed by atoms with Crippen molar-refractivity contribution in [3.63, 3.8) is 0 Å². The molecule has 8 nitrogen and oxygen atoms in total. The fourth-order valence-corrected chi connectivity index (χ4v) is 3.53. The smallest absolute Gasteiger partial charge is 0.335 e. The number of nitro benzene ring substituents is 1. The number of benzene rings is 1. The van der Waals surface area contributed by atoms with Gasteiger partial charge in [0.15, 0.2) is 6.79 Å². The van der Waals surface area contributed by atoms with Gasteiger partial charge in [-0.1, -0.05) is 0 Å². The average Bonchev–Trinajstić information content (AvgIpc) is 2.45. The van der Waals surface area contributed by atoms with Gasteiger partial charge in [0.05, 0.1) is 24.3 Å². The molecular weight excluding hydrogens is 313 g/mol. The molecule has 0 aliphatic rings. The Morgan fingerprint density at radius 2 is 1.86 bits per heavy atom. The lowest BCUT2D eigenvalue weighted by Crippen LogP contribution is -2.04. The lowest BCUT2D eigenvalue weighted by Gasteiger charge is -2.17. The van der Waals surface area contributed by atoms with Crippen LogP contribution >= 0.6 is 7.60 Å². The van der Waals surface area contributed by atoms with E-state index in [1.54, 1.807) is 13.8 Å². The minimum atomic E-state index is -3.44. The summed E-state index contributed by atoms with van der Waals surface area (Å²) < 4.78 is 32.9. The van der Waals surface area contributed by atoms with Crippen molar-refractivity contribution in [1.82, 2.24) is 0 Å². The van der Waals surface area contributed by atoms with Gasteiger partial charge in [0.1, 0.15) is 5.75 Å². The van der Waals surface area contributed by atoms with Crippen LogP contribution in [0.5, 0.6) is 5.75 Å². The van der Waals surface area contributed by atoms with Gasteiger partial charge >= 0.3 is 7.60 Å². The summed E-state index contributed by atoms with van der Waals surface area (Å²) in [5.74, 6) is 0.377. The van der Waals surface area contributed by atoms with Gasteiger partial charge in [-0.15, -0.1) is 0 Å². The second-order valence-electron chi connectivity index (χ2n) is 4.20. The van der Waals surface area contributed by atoms with Crippen LogP contribution in [0.2, 0.25) is 0 Å². The molecule has 0 fully saturated rings. The van der Waals surface area contributed by atoms with Gasteiger partial charge in [-0.05, 0) is 26.0 Å². The van der Waals surface area contributed by atoms with E-state index in [9.17, 15) is 14.7 Å². The third-order valence-corrected chi connectivity index (χ3v) is 4.64. The Morgan fingerprint density at radius 3 is 2.36 bits per heavy atom. The Labute approximate surface area is 129 Å². The van der Waals surface area contributed by atoms with Crippen LogP contribution in [0.3, 0.4) is 0 Å². The average molecular weight is 333 g/mol. The molecule has 0 amide bonds. The van der Waals surface area contributed by atoms with E-state index in [1.165, 1.54) is 25.3 Å². The largest absolute Gasteiger partial charge is 0.468 e. The van der Waals surface area contributed by atoms with Crippen LogP contribution in [0.25, 0.3) is 0 Å². The normalized spacial score (nSPS) is 11.4. The molecule has 0 unspecified atom stereocenters.